The smallest absolute Gasteiger partial charge is 0.328 e. The molecule has 3 heterocycles. The zero-order valence-corrected chi connectivity index (χ0v) is 15.3. The van der Waals surface area contributed by atoms with Gasteiger partial charge in [0.2, 0.25) is 5.82 Å². The van der Waals surface area contributed by atoms with Gasteiger partial charge in [-0.1, -0.05) is 23.4 Å². The first-order valence-electron chi connectivity index (χ1n) is 8.30. The first-order chi connectivity index (χ1) is 13.1. The number of rotatable bonds is 6. The van der Waals surface area contributed by atoms with Gasteiger partial charge in [0, 0.05) is 13.6 Å². The van der Waals surface area contributed by atoms with E-state index in [2.05, 4.69) is 10.1 Å². The number of hydrogen-bond donors (Lipinski definition) is 0. The summed E-state index contributed by atoms with van der Waals surface area (Å²) in [5, 5.41) is 5.78. The summed E-state index contributed by atoms with van der Waals surface area (Å²) in [4.78, 5) is 29.5. The van der Waals surface area contributed by atoms with Crippen LogP contribution >= 0.6 is 11.3 Å². The van der Waals surface area contributed by atoms with Crippen LogP contribution in [0, 0.1) is 0 Å². The highest BCUT2D eigenvalue weighted by atomic mass is 32.1. The molecule has 0 saturated carbocycles. The van der Waals surface area contributed by atoms with E-state index in [1.54, 1.807) is 16.2 Å². The number of hydrogen-bond acceptors (Lipinski definition) is 7. The van der Waals surface area contributed by atoms with Crippen LogP contribution in [0.4, 0.5) is 0 Å². The maximum Gasteiger partial charge on any atom is 0.328 e. The molecule has 0 aliphatic rings. The highest BCUT2D eigenvalue weighted by molar-refractivity contribution is 7.13. The maximum atomic E-state index is 12.3. The van der Waals surface area contributed by atoms with Gasteiger partial charge in [-0.3, -0.25) is 13.9 Å². The van der Waals surface area contributed by atoms with Crippen LogP contribution in [0.1, 0.15) is 12.3 Å². The standard InChI is InChI=1S/C18H16N4O4S/c1-21-12-5-2-3-6-13(12)22(18(21)24)9-8-16(23)25-11-15-19-17(20-26-15)14-7-4-10-27-14/h2-7,10H,8-9,11H2,1H3. The molecule has 27 heavy (non-hydrogen) atoms. The number of thiophene rings is 1. The normalized spacial score (nSPS) is 11.1. The number of esters is 1. The summed E-state index contributed by atoms with van der Waals surface area (Å²) in [6, 6.07) is 11.2. The fourth-order valence-electron chi connectivity index (χ4n) is 2.82. The summed E-state index contributed by atoms with van der Waals surface area (Å²) in [5.74, 6) is 0.262. The van der Waals surface area contributed by atoms with Gasteiger partial charge in [-0.15, -0.1) is 11.3 Å². The SMILES string of the molecule is Cn1c(=O)n(CCC(=O)OCc2nc(-c3cccs3)no2)c2ccccc21. The van der Waals surface area contributed by atoms with Crippen molar-refractivity contribution in [3.8, 4) is 10.7 Å². The third-order valence-electron chi connectivity index (χ3n) is 4.16. The lowest BCUT2D eigenvalue weighted by atomic mass is 10.3. The van der Waals surface area contributed by atoms with Gasteiger partial charge >= 0.3 is 11.7 Å². The molecule has 0 atom stereocenters. The number of imidazole rings is 1. The Balaban J connectivity index is 1.37. The van der Waals surface area contributed by atoms with Crippen LogP contribution in [0.3, 0.4) is 0 Å². The van der Waals surface area contributed by atoms with Crippen LogP contribution in [0.15, 0.2) is 51.1 Å². The minimum atomic E-state index is -0.439. The summed E-state index contributed by atoms with van der Waals surface area (Å²) in [6.07, 6.45) is 0.0693. The van der Waals surface area contributed by atoms with E-state index >= 15 is 0 Å². The van der Waals surface area contributed by atoms with Crippen molar-refractivity contribution in [2.24, 2.45) is 7.05 Å². The van der Waals surface area contributed by atoms with Crippen LogP contribution in [-0.2, 0) is 29.7 Å². The molecule has 3 aromatic heterocycles. The lowest BCUT2D eigenvalue weighted by Crippen LogP contribution is -2.23. The number of ether oxygens (including phenoxy) is 1. The monoisotopic (exact) mass is 384 g/mol. The van der Waals surface area contributed by atoms with Crippen molar-refractivity contribution < 1.29 is 14.1 Å². The van der Waals surface area contributed by atoms with Gasteiger partial charge in [-0.25, -0.2) is 4.79 Å². The number of carbonyl (C=O) groups is 1. The summed E-state index contributed by atoms with van der Waals surface area (Å²) in [7, 11) is 1.71. The van der Waals surface area contributed by atoms with Crippen LogP contribution in [0.2, 0.25) is 0 Å². The number of aryl methyl sites for hydroxylation is 2. The number of benzene rings is 1. The van der Waals surface area contributed by atoms with Crippen molar-refractivity contribution in [3.63, 3.8) is 0 Å². The molecule has 138 valence electrons. The van der Waals surface area contributed by atoms with E-state index in [0.717, 1.165) is 15.9 Å². The molecule has 0 fully saturated rings. The molecular formula is C18H16N4O4S. The van der Waals surface area contributed by atoms with E-state index in [-0.39, 0.29) is 31.2 Å². The van der Waals surface area contributed by atoms with E-state index in [9.17, 15) is 9.59 Å². The molecule has 4 aromatic rings. The van der Waals surface area contributed by atoms with E-state index < -0.39 is 5.97 Å². The number of nitrogens with zero attached hydrogens (tertiary/aromatic N) is 4. The molecule has 4 rings (SSSR count). The summed E-state index contributed by atoms with van der Waals surface area (Å²) in [5.41, 5.74) is 1.44. The molecule has 0 radical (unpaired) electrons. The predicted octanol–water partition coefficient (Wildman–Crippen LogP) is 2.58. The average Bonchev–Trinajstić information content (AvgIpc) is 3.41. The van der Waals surface area contributed by atoms with Crippen LogP contribution in [-0.4, -0.2) is 25.2 Å². The number of carbonyl (C=O) groups excluding carboxylic acids is 1. The van der Waals surface area contributed by atoms with E-state index in [0.29, 0.717) is 5.82 Å². The van der Waals surface area contributed by atoms with E-state index in [1.807, 2.05) is 41.8 Å². The van der Waals surface area contributed by atoms with Crippen LogP contribution in [0.5, 0.6) is 0 Å². The first-order valence-corrected chi connectivity index (χ1v) is 9.18. The first kappa shape index (κ1) is 17.2. The van der Waals surface area contributed by atoms with Gasteiger partial charge in [0.05, 0.1) is 22.3 Å². The topological polar surface area (TPSA) is 92.2 Å². The summed E-state index contributed by atoms with van der Waals surface area (Å²) >= 11 is 1.50. The molecule has 9 heteroatoms. The third kappa shape index (κ3) is 3.41. The van der Waals surface area contributed by atoms with Crippen molar-refractivity contribution in [3.05, 3.63) is 58.2 Å². The molecule has 0 spiro atoms. The van der Waals surface area contributed by atoms with Gasteiger partial charge in [0.25, 0.3) is 5.89 Å². The lowest BCUT2D eigenvalue weighted by Gasteiger charge is -2.03. The minimum absolute atomic E-state index is 0.0693. The highest BCUT2D eigenvalue weighted by Crippen LogP contribution is 2.21. The van der Waals surface area contributed by atoms with Crippen LogP contribution in [0.25, 0.3) is 21.7 Å². The molecular weight excluding hydrogens is 368 g/mol. The van der Waals surface area contributed by atoms with Crippen molar-refractivity contribution in [1.82, 2.24) is 19.3 Å². The second kappa shape index (κ2) is 7.20. The summed E-state index contributed by atoms with van der Waals surface area (Å²) < 4.78 is 13.4. The largest absolute Gasteiger partial charge is 0.456 e. The second-order valence-corrected chi connectivity index (χ2v) is 6.83. The Morgan fingerprint density at radius 1 is 1.22 bits per heavy atom. The summed E-state index contributed by atoms with van der Waals surface area (Å²) in [6.45, 7) is 0.144. The third-order valence-corrected chi connectivity index (χ3v) is 5.02. The van der Waals surface area contributed by atoms with Crippen molar-refractivity contribution >= 4 is 28.3 Å². The molecule has 0 aliphatic heterocycles. The number of fused-ring (bicyclic) bond motifs is 1. The fourth-order valence-corrected chi connectivity index (χ4v) is 3.47. The Bertz CT molecular complexity index is 1140. The van der Waals surface area contributed by atoms with Gasteiger partial charge in [-0.05, 0) is 23.6 Å². The molecule has 0 amide bonds. The maximum absolute atomic E-state index is 12.3. The molecule has 1 aromatic carbocycles. The van der Waals surface area contributed by atoms with Crippen molar-refractivity contribution in [1.29, 1.82) is 0 Å². The quantitative estimate of drug-likeness (QED) is 0.475. The predicted molar refractivity (Wildman–Crippen MR) is 99.2 cm³/mol. The molecule has 0 saturated heterocycles. The zero-order chi connectivity index (χ0) is 18.8. The molecule has 0 bridgehead atoms. The van der Waals surface area contributed by atoms with Crippen LogP contribution < -0.4 is 5.69 Å². The highest BCUT2D eigenvalue weighted by Gasteiger charge is 2.14. The Morgan fingerprint density at radius 3 is 2.81 bits per heavy atom. The van der Waals surface area contributed by atoms with Gasteiger partial charge in [-0.2, -0.15) is 4.98 Å². The number of aromatic nitrogens is 4. The Labute approximate surface area is 157 Å². The average molecular weight is 384 g/mol. The Hall–Kier alpha value is -3.20. The molecule has 8 nitrogen and oxygen atoms in total. The van der Waals surface area contributed by atoms with Gasteiger partial charge < -0.3 is 9.26 Å². The number of para-hydroxylation sites is 2. The lowest BCUT2D eigenvalue weighted by molar-refractivity contribution is -0.146. The van der Waals surface area contributed by atoms with Gasteiger partial charge in [0.15, 0.2) is 6.61 Å². The molecule has 0 unspecified atom stereocenters. The Morgan fingerprint density at radius 2 is 2.04 bits per heavy atom. The van der Waals surface area contributed by atoms with E-state index in [4.69, 9.17) is 9.26 Å². The zero-order valence-electron chi connectivity index (χ0n) is 14.5. The minimum Gasteiger partial charge on any atom is -0.456 e. The van der Waals surface area contributed by atoms with Gasteiger partial charge in [0.1, 0.15) is 0 Å². The molecule has 0 aliphatic carbocycles. The van der Waals surface area contributed by atoms with Crippen molar-refractivity contribution in [2.45, 2.75) is 19.6 Å². The Kier molecular flexibility index (Phi) is 4.59. The fraction of sp³-hybridized carbons (Fsp3) is 0.222. The van der Waals surface area contributed by atoms with Crippen molar-refractivity contribution in [2.75, 3.05) is 0 Å². The second-order valence-electron chi connectivity index (χ2n) is 5.88. The molecule has 0 N–H and O–H groups in total. The van der Waals surface area contributed by atoms with E-state index in [1.165, 1.54) is 11.3 Å².